The van der Waals surface area contributed by atoms with Gasteiger partial charge in [0.05, 0.1) is 5.92 Å². The summed E-state index contributed by atoms with van der Waals surface area (Å²) in [6, 6.07) is 16.4. The van der Waals surface area contributed by atoms with Crippen molar-refractivity contribution in [3.05, 3.63) is 59.7 Å². The lowest BCUT2D eigenvalue weighted by Gasteiger charge is -2.19. The maximum absolute atomic E-state index is 12.4. The molecule has 2 aromatic carbocycles. The summed E-state index contributed by atoms with van der Waals surface area (Å²) in [6.45, 7) is 2.98. The van der Waals surface area contributed by atoms with Gasteiger partial charge in [-0.05, 0) is 46.9 Å². The SMILES string of the molecule is CCC(CNC(=O)OCC1c2ccccc2-c2ccccc21)CC(=O)NC[C@@H]1CCC[C@@H]1C(=O)O. The molecule has 35 heavy (non-hydrogen) atoms. The molecule has 7 nitrogen and oxygen atoms in total. The van der Waals surface area contributed by atoms with Gasteiger partial charge in [0.25, 0.3) is 0 Å². The fourth-order valence-corrected chi connectivity index (χ4v) is 5.42. The molecule has 0 bridgehead atoms. The number of carbonyl (C=O) groups is 3. The van der Waals surface area contributed by atoms with Crippen molar-refractivity contribution in [2.45, 2.75) is 44.9 Å². The van der Waals surface area contributed by atoms with Crippen LogP contribution in [0.1, 0.15) is 56.1 Å². The number of hydrogen-bond donors (Lipinski definition) is 3. The molecule has 2 aromatic rings. The number of aliphatic carboxylic acids is 1. The molecule has 3 N–H and O–H groups in total. The first-order valence-electron chi connectivity index (χ1n) is 12.6. The summed E-state index contributed by atoms with van der Waals surface area (Å²) < 4.78 is 5.58. The van der Waals surface area contributed by atoms with E-state index in [1.165, 1.54) is 11.1 Å². The van der Waals surface area contributed by atoms with Gasteiger partial charge < -0.3 is 20.5 Å². The van der Waals surface area contributed by atoms with Crippen LogP contribution in [0.5, 0.6) is 0 Å². The van der Waals surface area contributed by atoms with Crippen LogP contribution in [-0.2, 0) is 14.3 Å². The Labute approximate surface area is 206 Å². The van der Waals surface area contributed by atoms with E-state index in [4.69, 9.17) is 4.74 Å². The zero-order valence-electron chi connectivity index (χ0n) is 20.2. The van der Waals surface area contributed by atoms with Crippen LogP contribution in [0.15, 0.2) is 48.5 Å². The lowest BCUT2D eigenvalue weighted by molar-refractivity contribution is -0.143. The number of carboxylic acids is 1. The first-order chi connectivity index (χ1) is 17.0. The van der Waals surface area contributed by atoms with Gasteiger partial charge >= 0.3 is 12.1 Å². The number of alkyl carbamates (subject to hydrolysis) is 1. The molecule has 0 saturated heterocycles. The standard InChI is InChI=1S/C28H34N2O5/c1-2-18(14-26(31)29-16-19-8-7-13-20(19)27(32)33)15-30-28(34)35-17-25-23-11-5-3-9-21(23)22-10-4-6-12-24(22)25/h3-6,9-12,18-20,25H,2,7-8,13-17H2,1H3,(H,29,31)(H,30,34)(H,32,33)/t18?,19-,20-/m0/s1. The highest BCUT2D eigenvalue weighted by Gasteiger charge is 2.33. The summed E-state index contributed by atoms with van der Waals surface area (Å²) in [7, 11) is 0. The quantitative estimate of drug-likeness (QED) is 0.464. The van der Waals surface area contributed by atoms with Crippen LogP contribution in [0.4, 0.5) is 4.79 Å². The third kappa shape index (κ3) is 5.84. The van der Waals surface area contributed by atoms with Crippen molar-refractivity contribution in [3.8, 4) is 11.1 Å². The fraction of sp³-hybridized carbons (Fsp3) is 0.464. The molecule has 7 heteroatoms. The smallest absolute Gasteiger partial charge is 0.407 e. The lowest BCUT2D eigenvalue weighted by Crippen LogP contribution is -2.36. The highest BCUT2D eigenvalue weighted by Crippen LogP contribution is 2.44. The minimum Gasteiger partial charge on any atom is -0.481 e. The molecule has 2 aliphatic rings. The van der Waals surface area contributed by atoms with E-state index < -0.39 is 12.1 Å². The molecule has 2 aliphatic carbocycles. The van der Waals surface area contributed by atoms with E-state index in [2.05, 4.69) is 34.9 Å². The Morgan fingerprint density at radius 2 is 1.66 bits per heavy atom. The number of carbonyl (C=O) groups excluding carboxylic acids is 2. The molecule has 4 rings (SSSR count). The Morgan fingerprint density at radius 3 is 2.29 bits per heavy atom. The maximum Gasteiger partial charge on any atom is 0.407 e. The number of ether oxygens (including phenoxy) is 1. The molecule has 1 fully saturated rings. The molecule has 1 unspecified atom stereocenters. The summed E-state index contributed by atoms with van der Waals surface area (Å²) in [4.78, 5) is 36.2. The molecule has 0 aliphatic heterocycles. The van der Waals surface area contributed by atoms with Crippen molar-refractivity contribution in [3.63, 3.8) is 0 Å². The third-order valence-electron chi connectivity index (χ3n) is 7.47. The third-order valence-corrected chi connectivity index (χ3v) is 7.47. The number of carboxylic acid groups (broad SMARTS) is 1. The molecule has 186 valence electrons. The predicted octanol–water partition coefficient (Wildman–Crippen LogP) is 4.56. The van der Waals surface area contributed by atoms with Crippen molar-refractivity contribution in [1.29, 1.82) is 0 Å². The first-order valence-corrected chi connectivity index (χ1v) is 12.6. The van der Waals surface area contributed by atoms with E-state index in [1.807, 2.05) is 31.2 Å². The van der Waals surface area contributed by atoms with Gasteiger partial charge in [-0.1, -0.05) is 68.3 Å². The summed E-state index contributed by atoms with van der Waals surface area (Å²) >= 11 is 0. The van der Waals surface area contributed by atoms with Gasteiger partial charge in [0.2, 0.25) is 5.91 Å². The molecule has 0 aromatic heterocycles. The van der Waals surface area contributed by atoms with E-state index in [0.29, 0.717) is 19.5 Å². The molecule has 3 atom stereocenters. The second kappa shape index (κ2) is 11.4. The number of hydrogen-bond acceptors (Lipinski definition) is 4. The van der Waals surface area contributed by atoms with E-state index >= 15 is 0 Å². The van der Waals surface area contributed by atoms with Crippen LogP contribution in [0, 0.1) is 17.8 Å². The fourth-order valence-electron chi connectivity index (χ4n) is 5.42. The minimum atomic E-state index is -0.777. The molecular formula is C28H34N2O5. The van der Waals surface area contributed by atoms with Gasteiger partial charge in [-0.25, -0.2) is 4.79 Å². The molecule has 0 heterocycles. The minimum absolute atomic E-state index is 0.00419. The highest BCUT2D eigenvalue weighted by atomic mass is 16.5. The number of benzene rings is 2. The number of fused-ring (bicyclic) bond motifs is 3. The van der Waals surface area contributed by atoms with E-state index in [-0.39, 0.29) is 42.6 Å². The summed E-state index contributed by atoms with van der Waals surface area (Å²) in [6.07, 6.45) is 2.93. The van der Waals surface area contributed by atoms with Crippen molar-refractivity contribution >= 4 is 18.0 Å². The Balaban J connectivity index is 1.22. The summed E-state index contributed by atoms with van der Waals surface area (Å²) in [5.41, 5.74) is 4.69. The average molecular weight is 479 g/mol. The number of nitrogens with one attached hydrogen (secondary N) is 2. The van der Waals surface area contributed by atoms with E-state index in [0.717, 1.165) is 30.4 Å². The normalized spacial score (nSPS) is 19.5. The zero-order valence-corrected chi connectivity index (χ0v) is 20.2. The summed E-state index contributed by atoms with van der Waals surface area (Å²) in [5.74, 6) is -1.27. The molecular weight excluding hydrogens is 444 g/mol. The second-order valence-electron chi connectivity index (χ2n) is 9.62. The predicted molar refractivity (Wildman–Crippen MR) is 133 cm³/mol. The van der Waals surface area contributed by atoms with Crippen molar-refractivity contribution < 1.29 is 24.2 Å². The molecule has 0 radical (unpaired) electrons. The zero-order chi connectivity index (χ0) is 24.8. The number of amides is 2. The van der Waals surface area contributed by atoms with Gasteiger partial charge in [-0.2, -0.15) is 0 Å². The second-order valence-corrected chi connectivity index (χ2v) is 9.62. The molecule has 0 spiro atoms. The van der Waals surface area contributed by atoms with Crippen molar-refractivity contribution in [2.24, 2.45) is 17.8 Å². The monoisotopic (exact) mass is 478 g/mol. The van der Waals surface area contributed by atoms with Crippen LogP contribution in [-0.4, -0.2) is 42.8 Å². The Hall–Kier alpha value is -3.35. The van der Waals surface area contributed by atoms with Crippen molar-refractivity contribution in [1.82, 2.24) is 10.6 Å². The van der Waals surface area contributed by atoms with E-state index in [1.54, 1.807) is 0 Å². The van der Waals surface area contributed by atoms with Crippen LogP contribution in [0.3, 0.4) is 0 Å². The molecule has 2 amide bonds. The van der Waals surface area contributed by atoms with Crippen LogP contribution < -0.4 is 10.6 Å². The Kier molecular flexibility index (Phi) is 8.06. The Bertz CT molecular complexity index is 1020. The van der Waals surface area contributed by atoms with Gasteiger partial charge in [-0.15, -0.1) is 0 Å². The van der Waals surface area contributed by atoms with Gasteiger partial charge in [-0.3, -0.25) is 9.59 Å². The largest absolute Gasteiger partial charge is 0.481 e. The van der Waals surface area contributed by atoms with Gasteiger partial charge in [0.1, 0.15) is 6.61 Å². The van der Waals surface area contributed by atoms with E-state index in [9.17, 15) is 19.5 Å². The van der Waals surface area contributed by atoms with Crippen LogP contribution in [0.2, 0.25) is 0 Å². The first kappa shape index (κ1) is 24.8. The Morgan fingerprint density at radius 1 is 1.00 bits per heavy atom. The number of rotatable bonds is 10. The van der Waals surface area contributed by atoms with Crippen molar-refractivity contribution in [2.75, 3.05) is 19.7 Å². The summed E-state index contributed by atoms with van der Waals surface area (Å²) in [5, 5.41) is 15.0. The topological polar surface area (TPSA) is 105 Å². The maximum atomic E-state index is 12.4. The van der Waals surface area contributed by atoms with Crippen LogP contribution in [0.25, 0.3) is 11.1 Å². The van der Waals surface area contributed by atoms with Crippen LogP contribution >= 0.6 is 0 Å². The van der Waals surface area contributed by atoms with Gasteiger partial charge in [0, 0.05) is 25.4 Å². The van der Waals surface area contributed by atoms with Gasteiger partial charge in [0.15, 0.2) is 0 Å². The lowest BCUT2D eigenvalue weighted by atomic mass is 9.96. The molecule has 1 saturated carbocycles. The average Bonchev–Trinajstić information content (AvgIpc) is 3.47. The highest BCUT2D eigenvalue weighted by molar-refractivity contribution is 5.79.